The summed E-state index contributed by atoms with van der Waals surface area (Å²) in [6, 6.07) is 17.4. The van der Waals surface area contributed by atoms with Crippen molar-refractivity contribution in [2.45, 2.75) is 6.54 Å². The molecule has 1 N–H and O–H groups in total. The molecule has 3 aromatic rings. The van der Waals surface area contributed by atoms with Gasteiger partial charge in [0.15, 0.2) is 0 Å². The Kier molecular flexibility index (Phi) is 5.76. The van der Waals surface area contributed by atoms with E-state index in [0.29, 0.717) is 22.2 Å². The molecule has 0 bridgehead atoms. The number of hydrogen-bond acceptors (Lipinski definition) is 4. The Bertz CT molecular complexity index is 1090. The van der Waals surface area contributed by atoms with Crippen molar-refractivity contribution in [2.75, 3.05) is 17.6 Å². The molecule has 0 radical (unpaired) electrons. The van der Waals surface area contributed by atoms with E-state index in [1.54, 1.807) is 42.5 Å². The number of furan rings is 1. The lowest BCUT2D eigenvalue weighted by molar-refractivity contribution is 0.0949. The molecule has 1 heterocycles. The topological polar surface area (TPSA) is 79.6 Å². The summed E-state index contributed by atoms with van der Waals surface area (Å²) in [6.45, 7) is 0.170. The number of para-hydroxylation sites is 1. The molecule has 0 fully saturated rings. The molecule has 0 spiro atoms. The van der Waals surface area contributed by atoms with E-state index in [4.69, 9.17) is 16.0 Å². The quantitative estimate of drug-likeness (QED) is 0.657. The van der Waals surface area contributed by atoms with Crippen molar-refractivity contribution < 1.29 is 17.6 Å². The number of nitrogens with zero attached hydrogens (tertiary/aromatic N) is 1. The summed E-state index contributed by atoms with van der Waals surface area (Å²) in [6.07, 6.45) is 1.09. The van der Waals surface area contributed by atoms with Gasteiger partial charge in [-0.15, -0.1) is 0 Å². The van der Waals surface area contributed by atoms with E-state index in [9.17, 15) is 13.2 Å². The summed E-state index contributed by atoms with van der Waals surface area (Å²) in [5.41, 5.74) is 1.45. The van der Waals surface area contributed by atoms with Crippen molar-refractivity contribution >= 4 is 33.2 Å². The molecular weight excluding hydrogens is 400 g/mol. The van der Waals surface area contributed by atoms with E-state index in [0.717, 1.165) is 16.1 Å². The Hall–Kier alpha value is -2.77. The summed E-state index contributed by atoms with van der Waals surface area (Å²) in [7, 11) is -2.07. The van der Waals surface area contributed by atoms with Crippen LogP contribution in [0.25, 0.3) is 11.3 Å². The maximum atomic E-state index is 12.6. The molecule has 0 aliphatic rings. The van der Waals surface area contributed by atoms with Gasteiger partial charge in [-0.3, -0.25) is 9.10 Å². The van der Waals surface area contributed by atoms with E-state index in [2.05, 4.69) is 5.32 Å². The molecule has 0 atom stereocenters. The highest BCUT2D eigenvalue weighted by Gasteiger charge is 2.19. The smallest absolute Gasteiger partial charge is 0.253 e. The van der Waals surface area contributed by atoms with Gasteiger partial charge in [-0.1, -0.05) is 23.7 Å². The zero-order valence-electron chi connectivity index (χ0n) is 15.3. The van der Waals surface area contributed by atoms with Crippen LogP contribution in [0, 0.1) is 0 Å². The number of carbonyl (C=O) groups excluding carboxylic acids is 1. The Morgan fingerprint density at radius 2 is 1.75 bits per heavy atom. The van der Waals surface area contributed by atoms with Gasteiger partial charge in [0.1, 0.15) is 11.5 Å². The first-order valence-electron chi connectivity index (χ1n) is 8.41. The summed E-state index contributed by atoms with van der Waals surface area (Å²) in [4.78, 5) is 12.6. The molecule has 0 aliphatic carbocycles. The van der Waals surface area contributed by atoms with Crippen molar-refractivity contribution in [3.8, 4) is 11.3 Å². The number of sulfonamides is 1. The maximum absolute atomic E-state index is 12.6. The lowest BCUT2D eigenvalue weighted by Gasteiger charge is -2.19. The van der Waals surface area contributed by atoms with E-state index in [1.807, 2.05) is 18.2 Å². The minimum Gasteiger partial charge on any atom is -0.459 e. The molecule has 1 amide bonds. The third-order valence-corrected chi connectivity index (χ3v) is 5.64. The van der Waals surface area contributed by atoms with Gasteiger partial charge in [-0.2, -0.15) is 0 Å². The van der Waals surface area contributed by atoms with Crippen LogP contribution in [0.5, 0.6) is 0 Å². The average Bonchev–Trinajstić information content (AvgIpc) is 3.14. The monoisotopic (exact) mass is 418 g/mol. The largest absolute Gasteiger partial charge is 0.459 e. The second-order valence-corrected chi connectivity index (χ2v) is 8.65. The molecule has 146 valence electrons. The molecule has 0 saturated heterocycles. The first-order chi connectivity index (χ1) is 13.3. The van der Waals surface area contributed by atoms with Gasteiger partial charge < -0.3 is 9.73 Å². The van der Waals surface area contributed by atoms with Gasteiger partial charge >= 0.3 is 0 Å². The molecule has 1 aromatic heterocycles. The van der Waals surface area contributed by atoms with Crippen LogP contribution in [-0.2, 0) is 16.6 Å². The Balaban J connectivity index is 1.73. The minimum absolute atomic E-state index is 0.170. The van der Waals surface area contributed by atoms with Crippen LogP contribution in [0.4, 0.5) is 5.69 Å². The molecular formula is C20H19ClN2O4S. The van der Waals surface area contributed by atoms with Gasteiger partial charge in [0.25, 0.3) is 5.91 Å². The molecule has 6 nitrogen and oxygen atoms in total. The number of carbonyl (C=O) groups is 1. The molecule has 3 rings (SSSR count). The summed E-state index contributed by atoms with van der Waals surface area (Å²) >= 11 is 5.89. The predicted molar refractivity (Wildman–Crippen MR) is 110 cm³/mol. The molecule has 0 saturated carbocycles. The number of rotatable bonds is 6. The fourth-order valence-electron chi connectivity index (χ4n) is 2.62. The van der Waals surface area contributed by atoms with Crippen LogP contribution in [0.2, 0.25) is 5.02 Å². The maximum Gasteiger partial charge on any atom is 0.253 e. The molecule has 2 aromatic carbocycles. The first-order valence-corrected chi connectivity index (χ1v) is 10.6. The Morgan fingerprint density at radius 3 is 2.43 bits per heavy atom. The van der Waals surface area contributed by atoms with Crippen molar-refractivity contribution in [3.05, 3.63) is 77.0 Å². The van der Waals surface area contributed by atoms with Crippen LogP contribution in [0.3, 0.4) is 0 Å². The van der Waals surface area contributed by atoms with Crippen LogP contribution in [-0.4, -0.2) is 27.6 Å². The molecule has 0 unspecified atom stereocenters. The van der Waals surface area contributed by atoms with Crippen molar-refractivity contribution in [2.24, 2.45) is 0 Å². The lowest BCUT2D eigenvalue weighted by atomic mass is 10.1. The van der Waals surface area contributed by atoms with Crippen molar-refractivity contribution in [1.82, 2.24) is 5.32 Å². The van der Waals surface area contributed by atoms with E-state index < -0.39 is 15.9 Å². The predicted octanol–water partition coefficient (Wildman–Crippen LogP) is 3.93. The summed E-state index contributed by atoms with van der Waals surface area (Å²) in [5, 5.41) is 3.40. The van der Waals surface area contributed by atoms with Crippen LogP contribution < -0.4 is 9.62 Å². The van der Waals surface area contributed by atoms with Crippen LogP contribution in [0.15, 0.2) is 65.1 Å². The number of hydrogen-bond donors (Lipinski definition) is 1. The minimum atomic E-state index is -3.48. The van der Waals surface area contributed by atoms with E-state index >= 15 is 0 Å². The van der Waals surface area contributed by atoms with Crippen LogP contribution >= 0.6 is 11.6 Å². The Labute approximate surface area is 168 Å². The number of benzene rings is 2. The number of halogens is 1. The summed E-state index contributed by atoms with van der Waals surface area (Å²) in [5.74, 6) is 0.848. The highest BCUT2D eigenvalue weighted by atomic mass is 35.5. The zero-order chi connectivity index (χ0) is 20.3. The number of amides is 1. The van der Waals surface area contributed by atoms with Gasteiger partial charge in [0.2, 0.25) is 10.0 Å². The SMILES string of the molecule is CN(c1ccccc1C(=O)NCc1ccc(-c2ccc(Cl)cc2)o1)S(C)(=O)=O. The normalized spacial score (nSPS) is 11.2. The fourth-order valence-corrected chi connectivity index (χ4v) is 3.27. The van der Waals surface area contributed by atoms with Gasteiger partial charge in [0, 0.05) is 17.6 Å². The van der Waals surface area contributed by atoms with Crippen LogP contribution in [0.1, 0.15) is 16.1 Å². The highest BCUT2D eigenvalue weighted by molar-refractivity contribution is 7.92. The van der Waals surface area contributed by atoms with Gasteiger partial charge in [0.05, 0.1) is 24.1 Å². The average molecular weight is 419 g/mol. The third-order valence-electron chi connectivity index (χ3n) is 4.20. The van der Waals surface area contributed by atoms with Crippen molar-refractivity contribution in [1.29, 1.82) is 0 Å². The lowest BCUT2D eigenvalue weighted by Crippen LogP contribution is -2.29. The fraction of sp³-hybridized carbons (Fsp3) is 0.150. The Morgan fingerprint density at radius 1 is 1.07 bits per heavy atom. The number of anilines is 1. The van der Waals surface area contributed by atoms with Gasteiger partial charge in [-0.05, 0) is 48.5 Å². The van der Waals surface area contributed by atoms with E-state index in [1.165, 1.54) is 7.05 Å². The van der Waals surface area contributed by atoms with Gasteiger partial charge in [-0.25, -0.2) is 8.42 Å². The molecule has 8 heteroatoms. The third kappa shape index (κ3) is 4.55. The second kappa shape index (κ2) is 8.08. The van der Waals surface area contributed by atoms with Crippen molar-refractivity contribution in [3.63, 3.8) is 0 Å². The molecule has 28 heavy (non-hydrogen) atoms. The van der Waals surface area contributed by atoms with E-state index in [-0.39, 0.29) is 12.1 Å². The second-order valence-electron chi connectivity index (χ2n) is 6.20. The summed E-state index contributed by atoms with van der Waals surface area (Å²) < 4.78 is 30.5. The number of nitrogens with one attached hydrogen (secondary N) is 1. The highest BCUT2D eigenvalue weighted by Crippen LogP contribution is 2.24. The standard InChI is InChI=1S/C20H19ClN2O4S/c1-23(28(2,25)26)18-6-4-3-5-17(18)20(24)22-13-16-11-12-19(27-16)14-7-9-15(21)10-8-14/h3-12H,13H2,1-2H3,(H,22,24). The first kappa shape index (κ1) is 20.0. The zero-order valence-corrected chi connectivity index (χ0v) is 16.9. The molecule has 0 aliphatic heterocycles.